The van der Waals surface area contributed by atoms with Crippen LogP contribution in [0.25, 0.3) is 0 Å². The molecule has 0 aliphatic rings. The lowest BCUT2D eigenvalue weighted by molar-refractivity contribution is 0.102. The molecule has 7 heteroatoms. The van der Waals surface area contributed by atoms with Crippen LogP contribution in [-0.2, 0) is 0 Å². The first-order valence-electron chi connectivity index (χ1n) is 5.73. The molecule has 2 N–H and O–H groups in total. The fourth-order valence-corrected chi connectivity index (χ4v) is 1.51. The van der Waals surface area contributed by atoms with Gasteiger partial charge in [-0.1, -0.05) is 6.07 Å². The third kappa shape index (κ3) is 3.06. The molecular formula is C12H13FN4O2. The van der Waals surface area contributed by atoms with E-state index in [9.17, 15) is 9.18 Å². The Bertz CT molecular complexity index is 597. The van der Waals surface area contributed by atoms with Crippen LogP contribution in [0.15, 0.2) is 18.2 Å². The fraction of sp³-hybridized carbons (Fsp3) is 0.250. The van der Waals surface area contributed by atoms with Crippen molar-refractivity contribution in [3.05, 3.63) is 35.1 Å². The van der Waals surface area contributed by atoms with Gasteiger partial charge in [0, 0.05) is 5.56 Å². The van der Waals surface area contributed by atoms with E-state index in [2.05, 4.69) is 20.5 Å². The van der Waals surface area contributed by atoms with E-state index in [1.54, 1.807) is 13.8 Å². The van der Waals surface area contributed by atoms with E-state index in [1.165, 1.54) is 18.2 Å². The monoisotopic (exact) mass is 264 g/mol. The zero-order chi connectivity index (χ0) is 13.8. The molecule has 0 bridgehead atoms. The van der Waals surface area contributed by atoms with E-state index in [0.29, 0.717) is 12.2 Å². The summed E-state index contributed by atoms with van der Waals surface area (Å²) in [6.45, 7) is 3.94. The minimum Gasteiger partial charge on any atom is -0.463 e. The largest absolute Gasteiger partial charge is 0.463 e. The van der Waals surface area contributed by atoms with Gasteiger partial charge in [0.1, 0.15) is 5.82 Å². The van der Waals surface area contributed by atoms with Gasteiger partial charge in [-0.15, -0.1) is 5.10 Å². The van der Waals surface area contributed by atoms with Crippen molar-refractivity contribution in [2.24, 2.45) is 0 Å². The van der Waals surface area contributed by atoms with Crippen molar-refractivity contribution in [2.75, 3.05) is 11.9 Å². The van der Waals surface area contributed by atoms with Crippen molar-refractivity contribution >= 4 is 11.9 Å². The average molecular weight is 264 g/mol. The molecule has 2 aromatic rings. The quantitative estimate of drug-likeness (QED) is 0.883. The molecule has 0 saturated carbocycles. The molecule has 100 valence electrons. The van der Waals surface area contributed by atoms with Crippen LogP contribution in [0.4, 0.5) is 10.3 Å². The van der Waals surface area contributed by atoms with E-state index in [4.69, 9.17) is 4.74 Å². The molecule has 0 saturated heterocycles. The maximum Gasteiger partial charge on any atom is 0.337 e. The lowest BCUT2D eigenvalue weighted by Crippen LogP contribution is -2.14. The van der Waals surface area contributed by atoms with Gasteiger partial charge in [0.2, 0.25) is 5.95 Å². The van der Waals surface area contributed by atoms with Crippen molar-refractivity contribution in [1.82, 2.24) is 15.2 Å². The van der Waals surface area contributed by atoms with Crippen LogP contribution in [-0.4, -0.2) is 27.7 Å². The van der Waals surface area contributed by atoms with Crippen LogP contribution < -0.4 is 10.1 Å². The smallest absolute Gasteiger partial charge is 0.337 e. The summed E-state index contributed by atoms with van der Waals surface area (Å²) in [5, 5.41) is 8.75. The zero-order valence-electron chi connectivity index (χ0n) is 10.5. The minimum atomic E-state index is -0.469. The summed E-state index contributed by atoms with van der Waals surface area (Å²) in [4.78, 5) is 15.9. The van der Waals surface area contributed by atoms with E-state index >= 15 is 0 Å². The van der Waals surface area contributed by atoms with Crippen molar-refractivity contribution < 1.29 is 13.9 Å². The summed E-state index contributed by atoms with van der Waals surface area (Å²) in [5.41, 5.74) is 0.915. The highest BCUT2D eigenvalue weighted by Gasteiger charge is 2.13. The number of aromatic amines is 1. The molecule has 19 heavy (non-hydrogen) atoms. The molecule has 0 unspecified atom stereocenters. The van der Waals surface area contributed by atoms with Crippen LogP contribution in [0.2, 0.25) is 0 Å². The second-order valence-corrected chi connectivity index (χ2v) is 3.81. The number of halogens is 1. The molecular weight excluding hydrogens is 251 g/mol. The first-order chi connectivity index (χ1) is 9.10. The molecule has 0 spiro atoms. The number of aryl methyl sites for hydroxylation is 1. The number of nitrogens with one attached hydrogen (secondary N) is 2. The first-order valence-corrected chi connectivity index (χ1v) is 5.73. The molecule has 0 radical (unpaired) electrons. The van der Waals surface area contributed by atoms with Gasteiger partial charge in [0.05, 0.1) is 6.61 Å². The molecule has 1 amide bonds. The van der Waals surface area contributed by atoms with E-state index in [1.807, 2.05) is 0 Å². The lowest BCUT2D eigenvalue weighted by Gasteiger charge is -2.04. The van der Waals surface area contributed by atoms with Gasteiger partial charge < -0.3 is 4.74 Å². The highest BCUT2D eigenvalue weighted by molar-refractivity contribution is 6.04. The van der Waals surface area contributed by atoms with Gasteiger partial charge in [-0.25, -0.2) is 9.49 Å². The minimum absolute atomic E-state index is 0.147. The number of benzene rings is 1. The number of ether oxygens (including phenoxy) is 1. The molecule has 6 nitrogen and oxygen atoms in total. The third-order valence-corrected chi connectivity index (χ3v) is 2.41. The zero-order valence-corrected chi connectivity index (χ0v) is 10.5. The van der Waals surface area contributed by atoms with E-state index in [0.717, 1.165) is 0 Å². The van der Waals surface area contributed by atoms with Gasteiger partial charge in [-0.2, -0.15) is 4.98 Å². The van der Waals surface area contributed by atoms with Crippen molar-refractivity contribution in [3.8, 4) is 6.01 Å². The Morgan fingerprint density at radius 3 is 3.05 bits per heavy atom. The predicted octanol–water partition coefficient (Wildman–Crippen LogP) is 1.90. The van der Waals surface area contributed by atoms with Crippen LogP contribution >= 0.6 is 0 Å². The topological polar surface area (TPSA) is 79.9 Å². The highest BCUT2D eigenvalue weighted by atomic mass is 19.1. The second kappa shape index (κ2) is 5.47. The number of anilines is 1. The van der Waals surface area contributed by atoms with Crippen molar-refractivity contribution in [3.63, 3.8) is 0 Å². The fourth-order valence-electron chi connectivity index (χ4n) is 1.51. The Hall–Kier alpha value is -2.44. The van der Waals surface area contributed by atoms with Gasteiger partial charge in [0.15, 0.2) is 0 Å². The van der Waals surface area contributed by atoms with Crippen molar-refractivity contribution in [1.29, 1.82) is 0 Å². The maximum absolute atomic E-state index is 13.1. The number of nitrogens with zero attached hydrogens (tertiary/aromatic N) is 2. The number of hydrogen-bond donors (Lipinski definition) is 2. The normalized spacial score (nSPS) is 10.3. The summed E-state index contributed by atoms with van der Waals surface area (Å²) in [5.74, 6) is -0.781. The van der Waals surface area contributed by atoms with Gasteiger partial charge >= 0.3 is 6.01 Å². The average Bonchev–Trinajstić information content (AvgIpc) is 2.80. The summed E-state index contributed by atoms with van der Waals surface area (Å²) in [6.07, 6.45) is 0. The number of aromatic nitrogens is 3. The molecule has 1 aromatic carbocycles. The Balaban J connectivity index is 2.13. The van der Waals surface area contributed by atoms with Gasteiger partial charge in [-0.05, 0) is 31.5 Å². The number of amides is 1. The third-order valence-electron chi connectivity index (χ3n) is 2.41. The molecule has 1 aromatic heterocycles. The maximum atomic E-state index is 13.1. The Morgan fingerprint density at radius 2 is 2.32 bits per heavy atom. The molecule has 0 atom stereocenters. The Morgan fingerprint density at radius 1 is 1.53 bits per heavy atom. The standard InChI is InChI=1S/C12H13FN4O2/c1-3-19-12-15-11(16-17-12)14-10(18)9-6-8(13)5-4-7(9)2/h4-6H,3H2,1-2H3,(H2,14,15,16,17,18). The summed E-state index contributed by atoms with van der Waals surface area (Å²) < 4.78 is 18.2. The molecule has 0 aliphatic carbocycles. The first kappa shape index (κ1) is 13.0. The number of H-pyrrole nitrogens is 1. The summed E-state index contributed by atoms with van der Waals surface area (Å²) in [7, 11) is 0. The lowest BCUT2D eigenvalue weighted by atomic mass is 10.1. The van der Waals surface area contributed by atoms with Crippen LogP contribution in [0.5, 0.6) is 6.01 Å². The van der Waals surface area contributed by atoms with Crippen LogP contribution in [0.1, 0.15) is 22.8 Å². The number of carbonyl (C=O) groups is 1. The molecule has 1 heterocycles. The van der Waals surface area contributed by atoms with E-state index < -0.39 is 11.7 Å². The highest BCUT2D eigenvalue weighted by Crippen LogP contribution is 2.13. The van der Waals surface area contributed by atoms with Crippen LogP contribution in [0.3, 0.4) is 0 Å². The van der Waals surface area contributed by atoms with Gasteiger partial charge in [0.25, 0.3) is 5.91 Å². The molecule has 0 aliphatic heterocycles. The number of hydrogen-bond acceptors (Lipinski definition) is 4. The SMILES string of the molecule is CCOc1n[nH]c(NC(=O)c2cc(F)ccc2C)n1. The molecule has 2 rings (SSSR count). The Labute approximate surface area is 109 Å². The summed E-state index contributed by atoms with van der Waals surface area (Å²) in [6, 6.07) is 4.16. The summed E-state index contributed by atoms with van der Waals surface area (Å²) >= 11 is 0. The van der Waals surface area contributed by atoms with Crippen LogP contribution in [0, 0.1) is 12.7 Å². The predicted molar refractivity (Wildman–Crippen MR) is 66.6 cm³/mol. The van der Waals surface area contributed by atoms with Gasteiger partial charge in [-0.3, -0.25) is 10.1 Å². The second-order valence-electron chi connectivity index (χ2n) is 3.81. The Kier molecular flexibility index (Phi) is 3.74. The number of rotatable bonds is 4. The molecule has 0 fully saturated rings. The van der Waals surface area contributed by atoms with E-state index in [-0.39, 0.29) is 17.5 Å². The number of carbonyl (C=O) groups excluding carboxylic acids is 1. The van der Waals surface area contributed by atoms with Crippen molar-refractivity contribution in [2.45, 2.75) is 13.8 Å².